The third-order valence-corrected chi connectivity index (χ3v) is 2.52. The highest BCUT2D eigenvalue weighted by Crippen LogP contribution is 2.28. The van der Waals surface area contributed by atoms with Crippen molar-refractivity contribution in [2.75, 3.05) is 30.3 Å². The molecule has 0 atom stereocenters. The van der Waals surface area contributed by atoms with E-state index in [1.54, 1.807) is 0 Å². The fourth-order valence-corrected chi connectivity index (χ4v) is 1.72. The van der Waals surface area contributed by atoms with Crippen LogP contribution in [0.1, 0.15) is 13.3 Å². The maximum Gasteiger partial charge on any atom is 0.246 e. The first-order chi connectivity index (χ1) is 9.11. The van der Waals surface area contributed by atoms with E-state index in [0.717, 1.165) is 6.42 Å². The van der Waals surface area contributed by atoms with Crippen LogP contribution in [0.2, 0.25) is 0 Å². The molecule has 0 bridgehead atoms. The Bertz CT molecular complexity index is 489. The highest BCUT2D eigenvalue weighted by atomic mass is 16.5. The Morgan fingerprint density at radius 3 is 2.68 bits per heavy atom. The molecular weight excluding hydrogens is 250 g/mol. The van der Waals surface area contributed by atoms with Crippen LogP contribution in [0.4, 0.5) is 11.5 Å². The van der Waals surface area contributed by atoms with Gasteiger partial charge in [-0.2, -0.15) is 4.98 Å². The van der Waals surface area contributed by atoms with Crippen molar-refractivity contribution in [1.29, 1.82) is 0 Å². The molecule has 0 saturated carbocycles. The van der Waals surface area contributed by atoms with Gasteiger partial charge >= 0.3 is 0 Å². The van der Waals surface area contributed by atoms with Gasteiger partial charge in [0.15, 0.2) is 5.82 Å². The number of nitrogen functional groups attached to an aromatic ring is 1. The zero-order valence-electron chi connectivity index (χ0n) is 10.5. The van der Waals surface area contributed by atoms with Gasteiger partial charge < -0.3 is 15.4 Å². The highest BCUT2D eigenvalue weighted by molar-refractivity contribution is 6.03. The van der Waals surface area contributed by atoms with Crippen LogP contribution in [0.25, 0.3) is 0 Å². The summed E-state index contributed by atoms with van der Waals surface area (Å²) in [5, 5.41) is 2.21. The minimum Gasteiger partial charge on any atom is -0.476 e. The Labute approximate surface area is 110 Å². The number of amides is 2. The SMILES string of the molecule is CCCOc1ncnc(N2CC(=O)NC(=O)C2)c1N. The van der Waals surface area contributed by atoms with E-state index in [9.17, 15) is 9.59 Å². The molecule has 8 heteroatoms. The van der Waals surface area contributed by atoms with Gasteiger partial charge in [0.2, 0.25) is 17.7 Å². The van der Waals surface area contributed by atoms with Crippen LogP contribution in [-0.4, -0.2) is 41.5 Å². The number of hydrogen-bond acceptors (Lipinski definition) is 7. The molecule has 3 N–H and O–H groups in total. The number of nitrogens with zero attached hydrogens (tertiary/aromatic N) is 3. The maximum absolute atomic E-state index is 11.3. The minimum absolute atomic E-state index is 0.0279. The van der Waals surface area contributed by atoms with E-state index in [1.165, 1.54) is 11.2 Å². The number of carbonyl (C=O) groups excluding carboxylic acids is 2. The van der Waals surface area contributed by atoms with Gasteiger partial charge in [-0.05, 0) is 6.42 Å². The minimum atomic E-state index is -0.384. The van der Waals surface area contributed by atoms with Gasteiger partial charge in [0.25, 0.3) is 0 Å². The Morgan fingerprint density at radius 2 is 2.05 bits per heavy atom. The first-order valence-corrected chi connectivity index (χ1v) is 5.92. The number of rotatable bonds is 4. The van der Waals surface area contributed by atoms with Gasteiger partial charge in [-0.25, -0.2) is 4.98 Å². The van der Waals surface area contributed by atoms with Gasteiger partial charge in [-0.1, -0.05) is 6.92 Å². The summed E-state index contributed by atoms with van der Waals surface area (Å²) in [6.07, 6.45) is 2.12. The molecule has 0 spiro atoms. The van der Waals surface area contributed by atoms with Crippen LogP contribution in [0.3, 0.4) is 0 Å². The molecule has 2 rings (SSSR count). The van der Waals surface area contributed by atoms with Gasteiger partial charge in [-0.3, -0.25) is 14.9 Å². The predicted molar refractivity (Wildman–Crippen MR) is 67.6 cm³/mol. The third kappa shape index (κ3) is 2.90. The van der Waals surface area contributed by atoms with Crippen molar-refractivity contribution >= 4 is 23.3 Å². The highest BCUT2D eigenvalue weighted by Gasteiger charge is 2.26. The first kappa shape index (κ1) is 13.1. The molecule has 2 amide bonds. The lowest BCUT2D eigenvalue weighted by atomic mass is 10.3. The maximum atomic E-state index is 11.3. The zero-order valence-corrected chi connectivity index (χ0v) is 10.5. The van der Waals surface area contributed by atoms with Gasteiger partial charge in [-0.15, -0.1) is 0 Å². The number of aromatic nitrogens is 2. The fourth-order valence-electron chi connectivity index (χ4n) is 1.72. The van der Waals surface area contributed by atoms with Crippen molar-refractivity contribution < 1.29 is 14.3 Å². The molecule has 102 valence electrons. The molecule has 1 aromatic rings. The number of imide groups is 1. The summed E-state index contributed by atoms with van der Waals surface area (Å²) in [5.74, 6) is -0.162. The van der Waals surface area contributed by atoms with E-state index in [2.05, 4.69) is 15.3 Å². The largest absolute Gasteiger partial charge is 0.476 e. The first-order valence-electron chi connectivity index (χ1n) is 5.92. The summed E-state index contributed by atoms with van der Waals surface area (Å²) < 4.78 is 5.38. The molecule has 1 fully saturated rings. The lowest BCUT2D eigenvalue weighted by molar-refractivity contribution is -0.130. The number of anilines is 2. The van der Waals surface area contributed by atoms with Crippen LogP contribution in [0, 0.1) is 0 Å². The molecule has 1 aliphatic heterocycles. The van der Waals surface area contributed by atoms with Crippen LogP contribution in [0.5, 0.6) is 5.88 Å². The van der Waals surface area contributed by atoms with Crippen molar-refractivity contribution in [3.8, 4) is 5.88 Å². The summed E-state index contributed by atoms with van der Waals surface area (Å²) in [6, 6.07) is 0. The Morgan fingerprint density at radius 1 is 1.37 bits per heavy atom. The Balaban J connectivity index is 2.24. The standard InChI is InChI=1S/C11H15N5O3/c1-2-3-19-11-9(12)10(13-6-14-11)16-4-7(17)15-8(18)5-16/h6H,2-5,12H2,1H3,(H,15,17,18). The zero-order chi connectivity index (χ0) is 13.8. The molecule has 0 radical (unpaired) electrons. The second-order valence-corrected chi connectivity index (χ2v) is 4.09. The van der Waals surface area contributed by atoms with E-state index in [-0.39, 0.29) is 36.5 Å². The number of nitrogens with one attached hydrogen (secondary N) is 1. The van der Waals surface area contributed by atoms with Crippen molar-refractivity contribution in [2.45, 2.75) is 13.3 Å². The molecular formula is C11H15N5O3. The smallest absolute Gasteiger partial charge is 0.246 e. The van der Waals surface area contributed by atoms with E-state index >= 15 is 0 Å². The van der Waals surface area contributed by atoms with Crippen molar-refractivity contribution in [1.82, 2.24) is 15.3 Å². The normalized spacial score (nSPS) is 15.3. The van der Waals surface area contributed by atoms with Crippen LogP contribution in [-0.2, 0) is 9.59 Å². The van der Waals surface area contributed by atoms with E-state index < -0.39 is 0 Å². The van der Waals surface area contributed by atoms with Crippen molar-refractivity contribution in [3.63, 3.8) is 0 Å². The Hall–Kier alpha value is -2.38. The fraction of sp³-hybridized carbons (Fsp3) is 0.455. The summed E-state index contributed by atoms with van der Waals surface area (Å²) >= 11 is 0. The number of hydrogen-bond donors (Lipinski definition) is 2. The Kier molecular flexibility index (Phi) is 3.79. The topological polar surface area (TPSA) is 110 Å². The van der Waals surface area contributed by atoms with Crippen molar-refractivity contribution in [2.24, 2.45) is 0 Å². The van der Waals surface area contributed by atoms with Crippen molar-refractivity contribution in [3.05, 3.63) is 6.33 Å². The molecule has 8 nitrogen and oxygen atoms in total. The number of carbonyl (C=O) groups is 2. The number of ether oxygens (including phenoxy) is 1. The van der Waals surface area contributed by atoms with Gasteiger partial charge in [0.05, 0.1) is 19.7 Å². The quantitative estimate of drug-likeness (QED) is 0.693. The predicted octanol–water partition coefficient (Wildman–Crippen LogP) is -0.690. The summed E-state index contributed by atoms with van der Waals surface area (Å²) in [6.45, 7) is 2.51. The monoisotopic (exact) mass is 265 g/mol. The van der Waals surface area contributed by atoms with E-state index in [1.807, 2.05) is 6.92 Å². The molecule has 0 unspecified atom stereocenters. The second kappa shape index (κ2) is 5.51. The van der Waals surface area contributed by atoms with Crippen LogP contribution in [0.15, 0.2) is 6.33 Å². The molecule has 0 aliphatic carbocycles. The molecule has 1 saturated heterocycles. The average molecular weight is 265 g/mol. The lowest BCUT2D eigenvalue weighted by Crippen LogP contribution is -2.52. The molecule has 1 aromatic heterocycles. The number of piperazine rings is 1. The van der Waals surface area contributed by atoms with Gasteiger partial charge in [0, 0.05) is 0 Å². The third-order valence-electron chi connectivity index (χ3n) is 2.52. The summed E-state index contributed by atoms with van der Waals surface area (Å²) in [4.78, 5) is 32.1. The molecule has 1 aliphatic rings. The van der Waals surface area contributed by atoms with E-state index in [0.29, 0.717) is 12.4 Å². The van der Waals surface area contributed by atoms with Gasteiger partial charge in [0.1, 0.15) is 12.0 Å². The average Bonchev–Trinajstić information content (AvgIpc) is 2.36. The molecule has 19 heavy (non-hydrogen) atoms. The van der Waals surface area contributed by atoms with E-state index in [4.69, 9.17) is 10.5 Å². The van der Waals surface area contributed by atoms with Crippen LogP contribution >= 0.6 is 0 Å². The summed E-state index contributed by atoms with van der Waals surface area (Å²) in [5.41, 5.74) is 6.15. The molecule has 0 aromatic carbocycles. The molecule has 2 heterocycles. The second-order valence-electron chi connectivity index (χ2n) is 4.09. The van der Waals surface area contributed by atoms with Crippen LogP contribution < -0.4 is 20.7 Å². The lowest BCUT2D eigenvalue weighted by Gasteiger charge is -2.27. The summed E-state index contributed by atoms with van der Waals surface area (Å²) in [7, 11) is 0. The number of nitrogens with two attached hydrogens (primary N) is 1.